The molecular weight excluding hydrogens is 188 g/mol. The molecule has 0 saturated heterocycles. The Morgan fingerprint density at radius 3 is 2.08 bits per heavy atom. The Labute approximate surface area is 84.4 Å². The molecule has 0 aromatic rings. The zero-order valence-electron chi connectivity index (χ0n) is 8.71. The monoisotopic (exact) mass is 204 g/mol. The number of hydrogen-bond donors (Lipinski definition) is 0. The molecule has 0 unspecified atom stereocenters. The summed E-state index contributed by atoms with van der Waals surface area (Å²) < 4.78 is 10.4. The summed E-state index contributed by atoms with van der Waals surface area (Å²) in [6.45, 7) is 6.88. The highest BCUT2D eigenvalue weighted by molar-refractivity contribution is 7.80. The highest BCUT2D eigenvalue weighted by Gasteiger charge is 2.30. The van der Waals surface area contributed by atoms with Crippen molar-refractivity contribution in [3.8, 4) is 0 Å². The molecule has 0 aliphatic carbocycles. The molecule has 3 nitrogen and oxygen atoms in total. The van der Waals surface area contributed by atoms with Crippen molar-refractivity contribution in [1.29, 1.82) is 0 Å². The second-order valence-corrected chi connectivity index (χ2v) is 4.20. The number of hydrogen-bond acceptors (Lipinski definition) is 4. The van der Waals surface area contributed by atoms with Gasteiger partial charge in [0.1, 0.15) is 5.60 Å². The molecule has 0 rings (SSSR count). The smallest absolute Gasteiger partial charge is 0.192 e. The highest BCUT2D eigenvalue weighted by atomic mass is 32.1. The van der Waals surface area contributed by atoms with E-state index in [-0.39, 0.29) is 5.05 Å². The van der Waals surface area contributed by atoms with Crippen LogP contribution in [0.2, 0.25) is 0 Å². The topological polar surface area (TPSA) is 35.5 Å². The summed E-state index contributed by atoms with van der Waals surface area (Å²) in [5, 5.41) is 0.284. The fourth-order valence-electron chi connectivity index (χ4n) is 0.469. The zero-order chi connectivity index (χ0) is 10.7. The molecule has 0 amide bonds. The molecule has 0 aromatic heterocycles. The first-order valence-electron chi connectivity index (χ1n) is 4.00. The highest BCUT2D eigenvalue weighted by Crippen LogP contribution is 2.17. The predicted octanol–water partition coefficient (Wildman–Crippen LogP) is 1.73. The van der Waals surface area contributed by atoms with E-state index >= 15 is 0 Å². The molecule has 0 N–H and O–H groups in total. The molecule has 0 spiro atoms. The SMILES string of the molecule is COC(C)(C)C(=S)OC(C)(C)C=O. The van der Waals surface area contributed by atoms with Crippen LogP contribution in [0.15, 0.2) is 0 Å². The minimum absolute atomic E-state index is 0.284. The first-order chi connectivity index (χ1) is 5.75. The third-order valence-electron chi connectivity index (χ3n) is 1.64. The van der Waals surface area contributed by atoms with E-state index < -0.39 is 11.2 Å². The molecule has 0 aliphatic rings. The van der Waals surface area contributed by atoms with E-state index in [9.17, 15) is 4.79 Å². The lowest BCUT2D eigenvalue weighted by Crippen LogP contribution is -2.40. The molecule has 0 aliphatic heterocycles. The minimum atomic E-state index is -0.882. The number of aldehydes is 1. The van der Waals surface area contributed by atoms with Crippen molar-refractivity contribution in [2.24, 2.45) is 0 Å². The largest absolute Gasteiger partial charge is 0.471 e. The van der Waals surface area contributed by atoms with Crippen LogP contribution < -0.4 is 0 Å². The third kappa shape index (κ3) is 3.83. The van der Waals surface area contributed by atoms with Gasteiger partial charge in [0.2, 0.25) is 0 Å². The molecule has 0 saturated carbocycles. The summed E-state index contributed by atoms with van der Waals surface area (Å²) in [6, 6.07) is 0. The van der Waals surface area contributed by atoms with E-state index in [4.69, 9.17) is 21.7 Å². The van der Waals surface area contributed by atoms with Crippen molar-refractivity contribution >= 4 is 23.6 Å². The van der Waals surface area contributed by atoms with Crippen LogP contribution in [0, 0.1) is 0 Å². The standard InChI is InChI=1S/C9H16O3S/c1-8(2,6-10)12-7(13)9(3,4)11-5/h6H,1-5H3. The average Bonchev–Trinajstić information content (AvgIpc) is 2.04. The van der Waals surface area contributed by atoms with Gasteiger partial charge >= 0.3 is 0 Å². The van der Waals surface area contributed by atoms with E-state index in [1.165, 1.54) is 0 Å². The number of carbonyl (C=O) groups is 1. The van der Waals surface area contributed by atoms with Crippen molar-refractivity contribution < 1.29 is 14.3 Å². The molecule has 0 heterocycles. The molecule has 0 bridgehead atoms. The fraction of sp³-hybridized carbons (Fsp3) is 0.778. The lowest BCUT2D eigenvalue weighted by Gasteiger charge is -2.29. The van der Waals surface area contributed by atoms with Gasteiger partial charge in [-0.05, 0) is 39.9 Å². The van der Waals surface area contributed by atoms with E-state index in [1.54, 1.807) is 34.8 Å². The Kier molecular flexibility index (Phi) is 4.00. The van der Waals surface area contributed by atoms with Gasteiger partial charge in [-0.3, -0.25) is 4.79 Å². The number of ether oxygens (including phenoxy) is 2. The molecule has 76 valence electrons. The minimum Gasteiger partial charge on any atom is -0.471 e. The van der Waals surface area contributed by atoms with Crippen molar-refractivity contribution in [2.45, 2.75) is 38.9 Å². The van der Waals surface area contributed by atoms with E-state index in [2.05, 4.69) is 0 Å². The van der Waals surface area contributed by atoms with E-state index in [1.807, 2.05) is 0 Å². The average molecular weight is 204 g/mol. The third-order valence-corrected chi connectivity index (χ3v) is 2.22. The Morgan fingerprint density at radius 2 is 1.77 bits per heavy atom. The maximum Gasteiger partial charge on any atom is 0.192 e. The van der Waals surface area contributed by atoms with Crippen LogP contribution in [0.5, 0.6) is 0 Å². The summed E-state index contributed by atoms with van der Waals surface area (Å²) in [4.78, 5) is 10.6. The Balaban J connectivity index is 4.40. The lowest BCUT2D eigenvalue weighted by molar-refractivity contribution is -0.120. The van der Waals surface area contributed by atoms with Crippen LogP contribution in [-0.2, 0) is 14.3 Å². The van der Waals surface area contributed by atoms with Gasteiger partial charge in [0, 0.05) is 7.11 Å². The number of thiocarbonyl (C=S) groups is 1. The van der Waals surface area contributed by atoms with Gasteiger partial charge in [-0.1, -0.05) is 0 Å². The molecule has 0 aromatic carbocycles. The van der Waals surface area contributed by atoms with E-state index in [0.717, 1.165) is 0 Å². The zero-order valence-corrected chi connectivity index (χ0v) is 9.53. The maximum absolute atomic E-state index is 10.6. The molecule has 0 atom stereocenters. The van der Waals surface area contributed by atoms with Crippen LogP contribution in [0.1, 0.15) is 27.7 Å². The van der Waals surface area contributed by atoms with Crippen LogP contribution >= 0.6 is 12.2 Å². The van der Waals surface area contributed by atoms with Crippen molar-refractivity contribution in [3.63, 3.8) is 0 Å². The molecular formula is C9H16O3S. The summed E-state index contributed by atoms with van der Waals surface area (Å²) in [6.07, 6.45) is 0.713. The Morgan fingerprint density at radius 1 is 1.31 bits per heavy atom. The molecule has 0 fully saturated rings. The van der Waals surface area contributed by atoms with Crippen LogP contribution in [-0.4, -0.2) is 29.6 Å². The van der Waals surface area contributed by atoms with Gasteiger partial charge in [0.25, 0.3) is 0 Å². The van der Waals surface area contributed by atoms with Crippen molar-refractivity contribution in [3.05, 3.63) is 0 Å². The number of carbonyl (C=O) groups excluding carboxylic acids is 1. The summed E-state index contributed by atoms with van der Waals surface area (Å²) in [7, 11) is 1.55. The van der Waals surface area contributed by atoms with Crippen LogP contribution in [0.4, 0.5) is 0 Å². The second-order valence-electron chi connectivity index (χ2n) is 3.83. The molecule has 13 heavy (non-hydrogen) atoms. The number of methoxy groups -OCH3 is 1. The first-order valence-corrected chi connectivity index (χ1v) is 4.41. The first kappa shape index (κ1) is 12.5. The van der Waals surface area contributed by atoms with Gasteiger partial charge in [0.15, 0.2) is 16.9 Å². The molecule has 0 radical (unpaired) electrons. The van der Waals surface area contributed by atoms with Gasteiger partial charge < -0.3 is 9.47 Å². The predicted molar refractivity (Wildman–Crippen MR) is 54.9 cm³/mol. The Hall–Kier alpha value is -0.480. The molecule has 4 heteroatoms. The Bertz CT molecular complexity index is 209. The van der Waals surface area contributed by atoms with E-state index in [0.29, 0.717) is 6.29 Å². The normalized spacial score (nSPS) is 12.4. The van der Waals surface area contributed by atoms with Gasteiger partial charge in [-0.15, -0.1) is 0 Å². The van der Waals surface area contributed by atoms with Crippen LogP contribution in [0.3, 0.4) is 0 Å². The summed E-state index contributed by atoms with van der Waals surface area (Å²) >= 11 is 5.00. The van der Waals surface area contributed by atoms with Crippen LogP contribution in [0.25, 0.3) is 0 Å². The fourth-order valence-corrected chi connectivity index (χ4v) is 0.767. The second kappa shape index (κ2) is 4.15. The summed E-state index contributed by atoms with van der Waals surface area (Å²) in [5.74, 6) is 0. The summed E-state index contributed by atoms with van der Waals surface area (Å²) in [5.41, 5.74) is -1.53. The maximum atomic E-state index is 10.6. The van der Waals surface area contributed by atoms with Gasteiger partial charge in [-0.2, -0.15) is 0 Å². The quantitative estimate of drug-likeness (QED) is 0.516. The van der Waals surface area contributed by atoms with Gasteiger partial charge in [-0.25, -0.2) is 0 Å². The van der Waals surface area contributed by atoms with Gasteiger partial charge in [0.05, 0.1) is 0 Å². The van der Waals surface area contributed by atoms with Crippen molar-refractivity contribution in [2.75, 3.05) is 7.11 Å². The number of rotatable bonds is 4. The van der Waals surface area contributed by atoms with Crippen molar-refractivity contribution in [1.82, 2.24) is 0 Å². The lowest BCUT2D eigenvalue weighted by atomic mass is 10.1.